The Hall–Kier alpha value is -3.55. The predicted octanol–water partition coefficient (Wildman–Crippen LogP) is 5.89. The van der Waals surface area contributed by atoms with Crippen LogP contribution in [0.3, 0.4) is 0 Å². The minimum atomic E-state index is -1.24. The number of hydrogen-bond donors (Lipinski definition) is 1. The first-order valence-corrected chi connectivity index (χ1v) is 14.3. The standard InChI is InChI=1S/C31H31NO5S/c1-3-36-30(34)31(17-18-31)26-15-13-24(14-16-26)23-9-11-25(12-10-23)29-28(21(2)32-37-29)27(33)20-38(35)19-22-7-5-4-6-8-22/h4-16,27,33H,3,17-20H2,1-2H3/t27-,38?/m1/s1. The SMILES string of the molecule is CCOC(=O)C1(c2ccc(-c3ccc(-c4onc(C)c4[C@H](O)CS(=O)Cc4ccccc4)cc3)cc2)CC1. The van der Waals surface area contributed by atoms with Crippen LogP contribution in [0.25, 0.3) is 22.5 Å². The fourth-order valence-electron chi connectivity index (χ4n) is 4.86. The zero-order valence-electron chi connectivity index (χ0n) is 21.6. The van der Waals surface area contributed by atoms with Crippen LogP contribution in [-0.2, 0) is 31.5 Å². The van der Waals surface area contributed by atoms with Crippen LogP contribution >= 0.6 is 0 Å². The summed E-state index contributed by atoms with van der Waals surface area (Å²) < 4.78 is 23.6. The molecule has 5 rings (SSSR count). The highest BCUT2D eigenvalue weighted by Gasteiger charge is 2.52. The number of aryl methyl sites for hydroxylation is 1. The van der Waals surface area contributed by atoms with Gasteiger partial charge in [0.15, 0.2) is 5.76 Å². The van der Waals surface area contributed by atoms with E-state index in [0.717, 1.165) is 40.7 Å². The number of carbonyl (C=O) groups excluding carboxylic acids is 1. The Morgan fingerprint density at radius 2 is 1.61 bits per heavy atom. The molecule has 1 aliphatic carbocycles. The highest BCUT2D eigenvalue weighted by Crippen LogP contribution is 2.49. The molecule has 38 heavy (non-hydrogen) atoms. The second-order valence-corrected chi connectivity index (χ2v) is 11.2. The third-order valence-corrected chi connectivity index (χ3v) is 8.43. The summed E-state index contributed by atoms with van der Waals surface area (Å²) in [5.41, 5.74) is 5.47. The molecule has 6 nitrogen and oxygen atoms in total. The topological polar surface area (TPSA) is 89.6 Å². The quantitative estimate of drug-likeness (QED) is 0.258. The number of aliphatic hydroxyl groups excluding tert-OH is 1. The van der Waals surface area contributed by atoms with E-state index in [-0.39, 0.29) is 11.7 Å². The van der Waals surface area contributed by atoms with E-state index < -0.39 is 22.3 Å². The van der Waals surface area contributed by atoms with E-state index in [1.807, 2.05) is 85.8 Å². The Balaban J connectivity index is 1.30. The summed E-state index contributed by atoms with van der Waals surface area (Å²) in [6, 6.07) is 25.5. The normalized spacial score (nSPS) is 15.6. The zero-order chi connectivity index (χ0) is 26.7. The summed E-state index contributed by atoms with van der Waals surface area (Å²) >= 11 is 0. The Morgan fingerprint density at radius 3 is 2.21 bits per heavy atom. The van der Waals surface area contributed by atoms with Crippen molar-refractivity contribution in [1.82, 2.24) is 5.16 Å². The number of aromatic nitrogens is 1. The summed E-state index contributed by atoms with van der Waals surface area (Å²) in [6.45, 7) is 4.00. The van der Waals surface area contributed by atoms with Gasteiger partial charge in [0, 0.05) is 22.1 Å². The first kappa shape index (κ1) is 26.1. The first-order valence-electron chi connectivity index (χ1n) is 12.8. The van der Waals surface area contributed by atoms with Gasteiger partial charge in [-0.05, 0) is 48.9 Å². The van der Waals surface area contributed by atoms with Crippen molar-refractivity contribution in [1.29, 1.82) is 0 Å². The van der Waals surface area contributed by atoms with E-state index in [0.29, 0.717) is 29.4 Å². The summed E-state index contributed by atoms with van der Waals surface area (Å²) in [5.74, 6) is 0.827. The average Bonchev–Trinajstić information content (AvgIpc) is 3.65. The molecule has 1 unspecified atom stereocenters. The summed E-state index contributed by atoms with van der Waals surface area (Å²) in [5, 5.41) is 15.0. The molecule has 1 fully saturated rings. The van der Waals surface area contributed by atoms with Crippen LogP contribution in [0.2, 0.25) is 0 Å². The fraction of sp³-hybridized carbons (Fsp3) is 0.290. The lowest BCUT2D eigenvalue weighted by atomic mass is 9.93. The number of rotatable bonds is 10. The number of ether oxygens (including phenoxy) is 1. The van der Waals surface area contributed by atoms with Crippen molar-refractivity contribution < 1.29 is 23.4 Å². The lowest BCUT2D eigenvalue weighted by molar-refractivity contribution is -0.146. The van der Waals surface area contributed by atoms with Crippen LogP contribution in [0.15, 0.2) is 83.4 Å². The average molecular weight is 530 g/mol. The van der Waals surface area contributed by atoms with E-state index >= 15 is 0 Å². The molecule has 1 aliphatic rings. The van der Waals surface area contributed by atoms with Crippen molar-refractivity contribution in [3.8, 4) is 22.5 Å². The lowest BCUT2D eigenvalue weighted by Crippen LogP contribution is -2.23. The van der Waals surface area contributed by atoms with E-state index in [4.69, 9.17) is 9.26 Å². The zero-order valence-corrected chi connectivity index (χ0v) is 22.4. The molecule has 0 amide bonds. The number of nitrogens with zero attached hydrogens (tertiary/aromatic N) is 1. The molecule has 3 aromatic carbocycles. The summed E-state index contributed by atoms with van der Waals surface area (Å²) in [4.78, 5) is 12.4. The van der Waals surface area contributed by atoms with Crippen LogP contribution in [0.5, 0.6) is 0 Å². The van der Waals surface area contributed by atoms with E-state index in [1.165, 1.54) is 0 Å². The van der Waals surface area contributed by atoms with Crippen molar-refractivity contribution in [3.63, 3.8) is 0 Å². The number of hydrogen-bond acceptors (Lipinski definition) is 6. The molecule has 1 saturated carbocycles. The molecule has 0 spiro atoms. The van der Waals surface area contributed by atoms with E-state index in [9.17, 15) is 14.1 Å². The van der Waals surface area contributed by atoms with E-state index in [1.54, 1.807) is 6.92 Å². The Labute approximate surface area is 225 Å². The number of esters is 1. The van der Waals surface area contributed by atoms with Gasteiger partial charge in [0.2, 0.25) is 0 Å². The number of aliphatic hydroxyl groups is 1. The van der Waals surface area contributed by atoms with Crippen molar-refractivity contribution in [2.75, 3.05) is 12.4 Å². The van der Waals surface area contributed by atoms with Gasteiger partial charge in [0.05, 0.1) is 35.1 Å². The highest BCUT2D eigenvalue weighted by molar-refractivity contribution is 7.84. The second-order valence-electron chi connectivity index (χ2n) is 9.72. The van der Waals surface area contributed by atoms with Crippen LogP contribution in [-0.4, -0.2) is 32.8 Å². The van der Waals surface area contributed by atoms with Crippen LogP contribution in [0.1, 0.15) is 48.3 Å². The molecule has 4 aromatic rings. The van der Waals surface area contributed by atoms with Crippen molar-refractivity contribution in [2.24, 2.45) is 0 Å². The molecule has 2 atom stereocenters. The molecule has 0 aliphatic heterocycles. The predicted molar refractivity (Wildman–Crippen MR) is 148 cm³/mol. The van der Waals surface area contributed by atoms with Crippen molar-refractivity contribution >= 4 is 16.8 Å². The van der Waals surface area contributed by atoms with Gasteiger partial charge < -0.3 is 14.4 Å². The van der Waals surface area contributed by atoms with Crippen molar-refractivity contribution in [2.45, 2.75) is 44.0 Å². The van der Waals surface area contributed by atoms with Crippen LogP contribution in [0, 0.1) is 6.92 Å². The molecule has 1 N–H and O–H groups in total. The molecular formula is C31H31NO5S. The summed E-state index contributed by atoms with van der Waals surface area (Å²) in [6.07, 6.45) is 0.691. The molecule has 0 bridgehead atoms. The van der Waals surface area contributed by atoms with Gasteiger partial charge in [0.1, 0.15) is 0 Å². The van der Waals surface area contributed by atoms with Gasteiger partial charge >= 0.3 is 5.97 Å². The van der Waals surface area contributed by atoms with Gasteiger partial charge in [-0.25, -0.2) is 0 Å². The Kier molecular flexibility index (Phi) is 7.58. The molecule has 196 valence electrons. The van der Waals surface area contributed by atoms with Crippen molar-refractivity contribution in [3.05, 3.63) is 101 Å². The molecule has 0 saturated heterocycles. The molecule has 0 radical (unpaired) electrons. The highest BCUT2D eigenvalue weighted by atomic mass is 32.2. The second kappa shape index (κ2) is 11.1. The molecule has 1 heterocycles. The van der Waals surface area contributed by atoms with Crippen LogP contribution < -0.4 is 0 Å². The largest absolute Gasteiger partial charge is 0.465 e. The van der Waals surface area contributed by atoms with Gasteiger partial charge in [0.25, 0.3) is 0 Å². The Bertz CT molecular complexity index is 1420. The third-order valence-electron chi connectivity index (χ3n) is 7.09. The monoisotopic (exact) mass is 529 g/mol. The third kappa shape index (κ3) is 5.35. The number of carbonyl (C=O) groups is 1. The molecular weight excluding hydrogens is 498 g/mol. The molecule has 1 aromatic heterocycles. The van der Waals surface area contributed by atoms with E-state index in [2.05, 4.69) is 5.16 Å². The smallest absolute Gasteiger partial charge is 0.316 e. The molecule has 7 heteroatoms. The minimum Gasteiger partial charge on any atom is -0.465 e. The van der Waals surface area contributed by atoms with Gasteiger partial charge in [-0.2, -0.15) is 0 Å². The Morgan fingerprint density at radius 1 is 1.00 bits per heavy atom. The first-order chi connectivity index (χ1) is 18.4. The van der Waals surface area contributed by atoms with Gasteiger partial charge in [-0.3, -0.25) is 9.00 Å². The lowest BCUT2D eigenvalue weighted by Gasteiger charge is -2.15. The maximum absolute atomic E-state index is 12.7. The minimum absolute atomic E-state index is 0.0989. The van der Waals surface area contributed by atoms with Gasteiger partial charge in [-0.15, -0.1) is 0 Å². The summed E-state index contributed by atoms with van der Waals surface area (Å²) in [7, 11) is -1.24. The fourth-order valence-corrected chi connectivity index (χ4v) is 6.06. The maximum atomic E-state index is 12.7. The van der Waals surface area contributed by atoms with Crippen LogP contribution in [0.4, 0.5) is 0 Å². The maximum Gasteiger partial charge on any atom is 0.316 e. The number of benzene rings is 3. The van der Waals surface area contributed by atoms with Gasteiger partial charge in [-0.1, -0.05) is 84.0 Å².